The molecule has 1 aliphatic heterocycles. The summed E-state index contributed by atoms with van der Waals surface area (Å²) in [5.41, 5.74) is 3.03. The van der Waals surface area contributed by atoms with Crippen molar-refractivity contribution in [1.82, 2.24) is 9.97 Å². The molecular formula is C14H18N2O3. The first-order valence-corrected chi connectivity index (χ1v) is 6.82. The molecule has 102 valence electrons. The zero-order valence-electron chi connectivity index (χ0n) is 11.1. The number of aliphatic carboxylic acids is 1. The highest BCUT2D eigenvalue weighted by atomic mass is 16.5. The summed E-state index contributed by atoms with van der Waals surface area (Å²) in [6.07, 6.45) is 2.98. The van der Waals surface area contributed by atoms with Gasteiger partial charge in [0.25, 0.3) is 0 Å². The Balaban J connectivity index is 1.90. The van der Waals surface area contributed by atoms with E-state index in [0.29, 0.717) is 25.4 Å². The summed E-state index contributed by atoms with van der Waals surface area (Å²) < 4.78 is 5.39. The minimum atomic E-state index is -0.710. The number of aromatic nitrogens is 2. The number of rotatable bonds is 2. The van der Waals surface area contributed by atoms with Gasteiger partial charge in [0.15, 0.2) is 0 Å². The average Bonchev–Trinajstić information content (AvgIpc) is 2.92. The highest BCUT2D eigenvalue weighted by Crippen LogP contribution is 2.29. The number of hydrogen-bond acceptors (Lipinski definition) is 4. The van der Waals surface area contributed by atoms with E-state index in [-0.39, 0.29) is 5.92 Å². The summed E-state index contributed by atoms with van der Waals surface area (Å²) in [5, 5.41) is 9.12. The van der Waals surface area contributed by atoms with E-state index in [0.717, 1.165) is 42.2 Å². The lowest BCUT2D eigenvalue weighted by Gasteiger charge is -2.23. The quantitative estimate of drug-likeness (QED) is 0.874. The molecule has 2 unspecified atom stereocenters. The summed E-state index contributed by atoms with van der Waals surface area (Å²) in [6.45, 7) is 3.45. The van der Waals surface area contributed by atoms with Gasteiger partial charge in [0.2, 0.25) is 0 Å². The van der Waals surface area contributed by atoms with Gasteiger partial charge in [-0.15, -0.1) is 0 Å². The number of nitrogens with zero attached hydrogens (tertiary/aromatic N) is 2. The largest absolute Gasteiger partial charge is 0.481 e. The predicted octanol–water partition coefficient (Wildman–Crippen LogP) is 1.48. The van der Waals surface area contributed by atoms with Crippen LogP contribution in [0.2, 0.25) is 0 Å². The summed E-state index contributed by atoms with van der Waals surface area (Å²) in [4.78, 5) is 20.3. The molecule has 0 amide bonds. The zero-order valence-corrected chi connectivity index (χ0v) is 11.1. The van der Waals surface area contributed by atoms with Gasteiger partial charge in [-0.2, -0.15) is 0 Å². The molecule has 1 saturated heterocycles. The van der Waals surface area contributed by atoms with Crippen LogP contribution in [0.3, 0.4) is 0 Å². The number of fused-ring (bicyclic) bond motifs is 1. The van der Waals surface area contributed by atoms with E-state index in [2.05, 4.69) is 9.97 Å². The molecule has 5 heteroatoms. The fourth-order valence-corrected chi connectivity index (χ4v) is 2.94. The maximum atomic E-state index is 11.1. The van der Waals surface area contributed by atoms with Crippen molar-refractivity contribution in [1.29, 1.82) is 0 Å². The molecule has 2 heterocycles. The van der Waals surface area contributed by atoms with Crippen LogP contribution in [0.25, 0.3) is 0 Å². The van der Waals surface area contributed by atoms with Gasteiger partial charge < -0.3 is 9.84 Å². The van der Waals surface area contributed by atoms with Gasteiger partial charge in [-0.1, -0.05) is 0 Å². The van der Waals surface area contributed by atoms with Crippen LogP contribution in [0.4, 0.5) is 0 Å². The molecule has 0 saturated carbocycles. The molecule has 19 heavy (non-hydrogen) atoms. The van der Waals surface area contributed by atoms with Gasteiger partial charge in [-0.25, -0.2) is 9.97 Å². The Morgan fingerprint density at radius 3 is 2.89 bits per heavy atom. The van der Waals surface area contributed by atoms with E-state index >= 15 is 0 Å². The molecule has 1 aliphatic carbocycles. The number of carboxylic acids is 1. The average molecular weight is 262 g/mol. The fourth-order valence-electron chi connectivity index (χ4n) is 2.94. The fraction of sp³-hybridized carbons (Fsp3) is 0.643. The van der Waals surface area contributed by atoms with Crippen LogP contribution in [-0.4, -0.2) is 34.3 Å². The first-order valence-electron chi connectivity index (χ1n) is 6.82. The number of hydrogen-bond donors (Lipinski definition) is 1. The third kappa shape index (κ3) is 2.34. The second kappa shape index (κ2) is 4.89. The van der Waals surface area contributed by atoms with Gasteiger partial charge in [0.1, 0.15) is 5.82 Å². The van der Waals surface area contributed by atoms with Crippen molar-refractivity contribution < 1.29 is 14.6 Å². The summed E-state index contributed by atoms with van der Waals surface area (Å²) in [6, 6.07) is 0. The van der Waals surface area contributed by atoms with Crippen LogP contribution in [0.15, 0.2) is 0 Å². The van der Waals surface area contributed by atoms with Crippen molar-refractivity contribution in [3.05, 3.63) is 22.8 Å². The molecule has 1 aromatic heterocycles. The van der Waals surface area contributed by atoms with E-state index < -0.39 is 5.97 Å². The number of carbonyl (C=O) groups is 1. The molecule has 0 spiro atoms. The number of carboxylic acid groups (broad SMARTS) is 1. The second-order valence-electron chi connectivity index (χ2n) is 5.43. The van der Waals surface area contributed by atoms with E-state index in [1.165, 1.54) is 0 Å². The Hall–Kier alpha value is -1.49. The highest BCUT2D eigenvalue weighted by molar-refractivity contribution is 5.71. The molecular weight excluding hydrogens is 244 g/mol. The summed E-state index contributed by atoms with van der Waals surface area (Å²) in [7, 11) is 0. The van der Waals surface area contributed by atoms with Crippen LogP contribution in [0.1, 0.15) is 41.5 Å². The number of ether oxygens (including phenoxy) is 1. The summed E-state index contributed by atoms with van der Waals surface area (Å²) >= 11 is 0. The Kier molecular flexibility index (Phi) is 3.22. The molecule has 1 N–H and O–H groups in total. The highest BCUT2D eigenvalue weighted by Gasteiger charge is 2.29. The standard InChI is InChI=1S/C14H18N2O3/c1-8-11-6-9(14(17)18)2-3-12(11)16-13(15-8)10-4-5-19-7-10/h9-10H,2-7H2,1H3,(H,17,18). The van der Waals surface area contributed by atoms with Crippen LogP contribution >= 0.6 is 0 Å². The van der Waals surface area contributed by atoms with Gasteiger partial charge in [0.05, 0.1) is 12.5 Å². The summed E-state index contributed by atoms with van der Waals surface area (Å²) in [5.74, 6) is 0.192. The lowest BCUT2D eigenvalue weighted by molar-refractivity contribution is -0.142. The normalized spacial score (nSPS) is 26.2. The predicted molar refractivity (Wildman–Crippen MR) is 68.1 cm³/mol. The van der Waals surface area contributed by atoms with E-state index in [9.17, 15) is 4.79 Å². The molecule has 1 aromatic rings. The molecule has 0 bridgehead atoms. The minimum absolute atomic E-state index is 0.282. The molecule has 3 rings (SSSR count). The van der Waals surface area contributed by atoms with Crippen molar-refractivity contribution in [3.8, 4) is 0 Å². The molecule has 1 fully saturated rings. The molecule has 5 nitrogen and oxygen atoms in total. The second-order valence-corrected chi connectivity index (χ2v) is 5.43. The smallest absolute Gasteiger partial charge is 0.306 e. The van der Waals surface area contributed by atoms with E-state index in [1.807, 2.05) is 6.92 Å². The number of aryl methyl sites for hydroxylation is 2. The van der Waals surface area contributed by atoms with Crippen LogP contribution in [-0.2, 0) is 22.4 Å². The SMILES string of the molecule is Cc1nc(C2CCOC2)nc2c1CC(C(=O)O)CC2. The topological polar surface area (TPSA) is 72.3 Å². The third-order valence-corrected chi connectivity index (χ3v) is 4.14. The van der Waals surface area contributed by atoms with Crippen LogP contribution in [0.5, 0.6) is 0 Å². The van der Waals surface area contributed by atoms with Crippen molar-refractivity contribution in [2.24, 2.45) is 5.92 Å². The van der Waals surface area contributed by atoms with Crippen LogP contribution < -0.4 is 0 Å². The van der Waals surface area contributed by atoms with E-state index in [4.69, 9.17) is 9.84 Å². The molecule has 0 radical (unpaired) electrons. The zero-order chi connectivity index (χ0) is 13.4. The van der Waals surface area contributed by atoms with Crippen molar-refractivity contribution in [2.75, 3.05) is 13.2 Å². The maximum absolute atomic E-state index is 11.1. The third-order valence-electron chi connectivity index (χ3n) is 4.14. The van der Waals surface area contributed by atoms with Gasteiger partial charge >= 0.3 is 5.97 Å². The monoisotopic (exact) mass is 262 g/mol. The first kappa shape index (κ1) is 12.5. The van der Waals surface area contributed by atoms with E-state index in [1.54, 1.807) is 0 Å². The van der Waals surface area contributed by atoms with Crippen molar-refractivity contribution in [3.63, 3.8) is 0 Å². The first-order chi connectivity index (χ1) is 9.15. The maximum Gasteiger partial charge on any atom is 0.306 e. The Labute approximate surface area is 112 Å². The van der Waals surface area contributed by atoms with Gasteiger partial charge in [0, 0.05) is 23.9 Å². The Morgan fingerprint density at radius 1 is 1.37 bits per heavy atom. The minimum Gasteiger partial charge on any atom is -0.481 e. The van der Waals surface area contributed by atoms with Gasteiger partial charge in [-0.3, -0.25) is 4.79 Å². The van der Waals surface area contributed by atoms with Crippen molar-refractivity contribution >= 4 is 5.97 Å². The lowest BCUT2D eigenvalue weighted by Crippen LogP contribution is -2.25. The molecule has 0 aromatic carbocycles. The van der Waals surface area contributed by atoms with Crippen molar-refractivity contribution in [2.45, 2.75) is 38.5 Å². The molecule has 2 aliphatic rings. The Morgan fingerprint density at radius 2 is 2.21 bits per heavy atom. The molecule has 2 atom stereocenters. The van der Waals surface area contributed by atoms with Gasteiger partial charge in [-0.05, 0) is 38.2 Å². The van der Waals surface area contributed by atoms with Crippen LogP contribution in [0, 0.1) is 12.8 Å². The Bertz CT molecular complexity index is 510. The lowest BCUT2D eigenvalue weighted by atomic mass is 9.85.